The van der Waals surface area contributed by atoms with Crippen LogP contribution in [0.25, 0.3) is 0 Å². The number of hydrogen-bond acceptors (Lipinski definition) is 3. The molecule has 0 aliphatic heterocycles. The van der Waals surface area contributed by atoms with Crippen LogP contribution in [0, 0.1) is 46.3 Å². The van der Waals surface area contributed by atoms with Crippen LogP contribution in [0.2, 0.25) is 0 Å². The van der Waals surface area contributed by atoms with E-state index in [-0.39, 0.29) is 0 Å². The Hall–Kier alpha value is -0.930. The van der Waals surface area contributed by atoms with Crippen molar-refractivity contribution in [3.8, 4) is 0 Å². The molecule has 190 valence electrons. The van der Waals surface area contributed by atoms with Gasteiger partial charge in [0.15, 0.2) is 0 Å². The number of hydrogen-bond donors (Lipinski definition) is 2. The first-order chi connectivity index (χ1) is 16.2. The maximum absolute atomic E-state index is 11.1. The van der Waals surface area contributed by atoms with Gasteiger partial charge in [-0.05, 0) is 136 Å². The van der Waals surface area contributed by atoms with Crippen molar-refractivity contribution < 1.29 is 10.2 Å². The highest BCUT2D eigenvalue weighted by Crippen LogP contribution is 2.69. The van der Waals surface area contributed by atoms with Crippen molar-refractivity contribution in [2.45, 2.75) is 116 Å². The van der Waals surface area contributed by atoms with E-state index < -0.39 is 11.7 Å². The molecule has 2 N–H and O–H groups in total. The topological polar surface area (TPSA) is 53.4 Å². The Labute approximate surface area is 208 Å². The molecule has 0 aromatic carbocycles. The van der Waals surface area contributed by atoms with Crippen molar-refractivity contribution in [1.82, 2.24) is 4.98 Å². The Morgan fingerprint density at radius 3 is 2.50 bits per heavy atom. The summed E-state index contributed by atoms with van der Waals surface area (Å²) in [6.07, 6.45) is 15.8. The average Bonchev–Trinajstić information content (AvgIpc) is 3.20. The largest absolute Gasteiger partial charge is 0.390 e. The van der Waals surface area contributed by atoms with Gasteiger partial charge in [-0.25, -0.2) is 0 Å². The zero-order valence-electron chi connectivity index (χ0n) is 22.2. The number of aliphatic hydroxyl groups is 2. The van der Waals surface area contributed by atoms with Crippen LogP contribution in [0.5, 0.6) is 0 Å². The quantitative estimate of drug-likeness (QED) is 0.460. The van der Waals surface area contributed by atoms with Crippen LogP contribution in [-0.2, 0) is 0 Å². The lowest BCUT2D eigenvalue weighted by Gasteiger charge is -2.62. The van der Waals surface area contributed by atoms with Crippen LogP contribution in [0.4, 0.5) is 0 Å². The van der Waals surface area contributed by atoms with Gasteiger partial charge in [0.25, 0.3) is 0 Å². The molecule has 3 heteroatoms. The van der Waals surface area contributed by atoms with Crippen molar-refractivity contribution >= 4 is 0 Å². The third-order valence-electron chi connectivity index (χ3n) is 12.2. The molecule has 1 aromatic rings. The summed E-state index contributed by atoms with van der Waals surface area (Å²) >= 11 is 0. The Bertz CT molecular complexity index is 843. The van der Waals surface area contributed by atoms with E-state index in [9.17, 15) is 10.2 Å². The molecule has 0 bridgehead atoms. The molecule has 0 radical (unpaired) electrons. The molecule has 1 unspecified atom stereocenters. The van der Waals surface area contributed by atoms with Gasteiger partial charge in [0.2, 0.25) is 0 Å². The minimum absolute atomic E-state index is 0.395. The van der Waals surface area contributed by atoms with Crippen molar-refractivity contribution in [2.24, 2.45) is 46.3 Å². The smallest absolute Gasteiger partial charge is 0.0959 e. The summed E-state index contributed by atoms with van der Waals surface area (Å²) in [6.45, 7) is 9.89. The molecule has 3 nitrogen and oxygen atoms in total. The van der Waals surface area contributed by atoms with E-state index in [1.54, 1.807) is 6.20 Å². The van der Waals surface area contributed by atoms with Crippen LogP contribution in [0.15, 0.2) is 24.4 Å². The fourth-order valence-electron chi connectivity index (χ4n) is 9.96. The van der Waals surface area contributed by atoms with Crippen molar-refractivity contribution in [2.75, 3.05) is 0 Å². The Kier molecular flexibility index (Phi) is 6.68. The number of fused-ring (bicyclic) bond motifs is 5. The van der Waals surface area contributed by atoms with Gasteiger partial charge >= 0.3 is 0 Å². The zero-order valence-corrected chi connectivity index (χ0v) is 22.2. The van der Waals surface area contributed by atoms with Crippen molar-refractivity contribution in [1.29, 1.82) is 0 Å². The fraction of sp³-hybridized carbons (Fsp3) is 0.839. The normalized spacial score (nSPS) is 45.6. The van der Waals surface area contributed by atoms with Crippen LogP contribution < -0.4 is 0 Å². The van der Waals surface area contributed by atoms with Gasteiger partial charge in [-0.2, -0.15) is 0 Å². The minimum atomic E-state index is -0.437. The summed E-state index contributed by atoms with van der Waals surface area (Å²) in [5, 5.41) is 21.7. The molecule has 34 heavy (non-hydrogen) atoms. The molecule has 4 fully saturated rings. The third-order valence-corrected chi connectivity index (χ3v) is 12.2. The molecule has 4 saturated carbocycles. The van der Waals surface area contributed by atoms with Crippen LogP contribution >= 0.6 is 0 Å². The van der Waals surface area contributed by atoms with Gasteiger partial charge in [0.1, 0.15) is 0 Å². The second kappa shape index (κ2) is 9.18. The first kappa shape index (κ1) is 24.8. The SMILES string of the molecule is CC[C@]1(O)CC[C@@]2(C)C(CC[C@H]3[C@@H]4CC[C@H]([C@H](C)CC[C@@H](O)c5ccccn5)[C@@]4(C)CC[C@@H]32)C1. The molecule has 0 saturated heterocycles. The molecular weight excluding hydrogens is 418 g/mol. The van der Waals surface area contributed by atoms with Gasteiger partial charge < -0.3 is 10.2 Å². The predicted molar refractivity (Wildman–Crippen MR) is 138 cm³/mol. The van der Waals surface area contributed by atoms with E-state index in [0.29, 0.717) is 16.7 Å². The standard InChI is InChI=1S/C31H49NO2/c1-5-31(34)18-17-29(3)22(20-31)10-11-23-25-13-12-24(30(25,4)16-15-26(23)29)21(2)9-14-28(33)27-8-6-7-19-32-27/h6-8,19,21-26,28,33-34H,5,9-18,20H2,1-4H3/t21-,22?,23+,24-,25+,26+,28-,29+,30-,31+/m1/s1. The number of nitrogens with zero attached hydrogens (tertiary/aromatic N) is 1. The van der Waals surface area contributed by atoms with Gasteiger partial charge in [0.05, 0.1) is 17.4 Å². The van der Waals surface area contributed by atoms with Crippen molar-refractivity contribution in [3.05, 3.63) is 30.1 Å². The summed E-state index contributed by atoms with van der Waals surface area (Å²) in [5.41, 5.74) is 1.34. The van der Waals surface area contributed by atoms with Gasteiger partial charge in [-0.3, -0.25) is 4.98 Å². The van der Waals surface area contributed by atoms with E-state index in [2.05, 4.69) is 32.7 Å². The summed E-state index contributed by atoms with van der Waals surface area (Å²) in [5.74, 6) is 4.81. The lowest BCUT2D eigenvalue weighted by Crippen LogP contribution is -2.56. The van der Waals surface area contributed by atoms with Gasteiger partial charge in [-0.1, -0.05) is 33.8 Å². The van der Waals surface area contributed by atoms with E-state index in [4.69, 9.17) is 0 Å². The first-order valence-corrected chi connectivity index (χ1v) is 14.5. The van der Waals surface area contributed by atoms with E-state index in [1.807, 2.05) is 18.2 Å². The zero-order chi connectivity index (χ0) is 24.1. The Morgan fingerprint density at radius 2 is 1.76 bits per heavy atom. The van der Waals surface area contributed by atoms with E-state index in [0.717, 1.165) is 67.4 Å². The highest BCUT2D eigenvalue weighted by Gasteiger charge is 2.61. The molecule has 4 aliphatic rings. The molecule has 4 aliphatic carbocycles. The van der Waals surface area contributed by atoms with Crippen LogP contribution in [0.3, 0.4) is 0 Å². The van der Waals surface area contributed by atoms with E-state index >= 15 is 0 Å². The maximum atomic E-state index is 11.1. The number of pyridine rings is 1. The number of aromatic nitrogens is 1. The van der Waals surface area contributed by atoms with Gasteiger partial charge in [-0.15, -0.1) is 0 Å². The molecule has 5 rings (SSSR count). The summed E-state index contributed by atoms with van der Waals surface area (Å²) < 4.78 is 0. The fourth-order valence-corrected chi connectivity index (χ4v) is 9.96. The number of rotatable bonds is 6. The number of aliphatic hydroxyl groups excluding tert-OH is 1. The predicted octanol–water partition coefficient (Wildman–Crippen LogP) is 7.33. The summed E-state index contributed by atoms with van der Waals surface area (Å²) in [4.78, 5) is 4.37. The molecule has 1 heterocycles. The Morgan fingerprint density at radius 1 is 0.971 bits per heavy atom. The second-order valence-corrected chi connectivity index (χ2v) is 13.5. The highest BCUT2D eigenvalue weighted by molar-refractivity contribution is 5.11. The molecule has 0 amide bonds. The highest BCUT2D eigenvalue weighted by atomic mass is 16.3. The monoisotopic (exact) mass is 467 g/mol. The van der Waals surface area contributed by atoms with Crippen LogP contribution in [-0.4, -0.2) is 20.8 Å². The van der Waals surface area contributed by atoms with Gasteiger partial charge in [0, 0.05) is 6.20 Å². The van der Waals surface area contributed by atoms with E-state index in [1.165, 1.54) is 44.9 Å². The van der Waals surface area contributed by atoms with Crippen molar-refractivity contribution in [3.63, 3.8) is 0 Å². The Balaban J connectivity index is 1.25. The van der Waals surface area contributed by atoms with Crippen LogP contribution in [0.1, 0.15) is 117 Å². The lowest BCUT2D eigenvalue weighted by molar-refractivity contribution is -0.152. The summed E-state index contributed by atoms with van der Waals surface area (Å²) in [6, 6.07) is 5.84. The molecular formula is C31H49NO2. The molecule has 1 aromatic heterocycles. The second-order valence-electron chi connectivity index (χ2n) is 13.5. The molecule has 0 spiro atoms. The third kappa shape index (κ3) is 4.07. The molecule has 10 atom stereocenters. The summed E-state index contributed by atoms with van der Waals surface area (Å²) in [7, 11) is 0. The minimum Gasteiger partial charge on any atom is -0.390 e. The maximum Gasteiger partial charge on any atom is 0.0959 e. The lowest BCUT2D eigenvalue weighted by atomic mass is 9.43. The average molecular weight is 468 g/mol. The first-order valence-electron chi connectivity index (χ1n) is 14.5.